The Labute approximate surface area is 136 Å². The van der Waals surface area contributed by atoms with Gasteiger partial charge in [-0.2, -0.15) is 0 Å². The number of carbonyl (C=O) groups is 1. The second-order valence-corrected chi connectivity index (χ2v) is 11.1. The van der Waals surface area contributed by atoms with Crippen LogP contribution in [0.1, 0.15) is 55.8 Å². The molecular weight excluding hydrogens is 292 g/mol. The van der Waals surface area contributed by atoms with Crippen LogP contribution >= 0.6 is 0 Å². The SMILES string of the molecule is CCCCCCCCOc1ccc(C(=O)O[Si](C)(C)C)cc1. The number of hydrogen-bond acceptors (Lipinski definition) is 3. The van der Waals surface area contributed by atoms with Gasteiger partial charge in [-0.3, -0.25) is 0 Å². The predicted octanol–water partition coefficient (Wildman–Crippen LogP) is 5.42. The molecule has 0 aromatic heterocycles. The average molecular weight is 323 g/mol. The lowest BCUT2D eigenvalue weighted by Crippen LogP contribution is -2.29. The van der Waals surface area contributed by atoms with Gasteiger partial charge in [-0.25, -0.2) is 4.79 Å². The summed E-state index contributed by atoms with van der Waals surface area (Å²) in [7, 11) is -1.84. The summed E-state index contributed by atoms with van der Waals surface area (Å²) in [5.74, 6) is 0.583. The zero-order chi connectivity index (χ0) is 16.4. The van der Waals surface area contributed by atoms with Crippen molar-refractivity contribution in [1.29, 1.82) is 0 Å². The van der Waals surface area contributed by atoms with E-state index in [9.17, 15) is 4.79 Å². The highest BCUT2D eigenvalue weighted by molar-refractivity contribution is 6.71. The lowest BCUT2D eigenvalue weighted by atomic mass is 10.1. The van der Waals surface area contributed by atoms with Gasteiger partial charge >= 0.3 is 5.97 Å². The Morgan fingerprint density at radius 2 is 1.55 bits per heavy atom. The maximum atomic E-state index is 11.9. The zero-order valence-electron chi connectivity index (χ0n) is 14.5. The van der Waals surface area contributed by atoms with Crippen LogP contribution in [0.15, 0.2) is 24.3 Å². The lowest BCUT2D eigenvalue weighted by Gasteiger charge is -2.17. The van der Waals surface area contributed by atoms with Crippen molar-refractivity contribution in [3.05, 3.63) is 29.8 Å². The molecule has 0 amide bonds. The molecule has 0 atom stereocenters. The van der Waals surface area contributed by atoms with Crippen LogP contribution in [-0.4, -0.2) is 20.9 Å². The standard InChI is InChI=1S/C18H30O3Si/c1-5-6-7-8-9-10-15-20-17-13-11-16(12-14-17)18(19)21-22(2,3)4/h11-14H,5-10,15H2,1-4H3. The second kappa shape index (κ2) is 9.67. The second-order valence-electron chi connectivity index (χ2n) is 6.64. The van der Waals surface area contributed by atoms with Gasteiger partial charge in [0.1, 0.15) is 5.75 Å². The van der Waals surface area contributed by atoms with Gasteiger partial charge in [-0.15, -0.1) is 0 Å². The third kappa shape index (κ3) is 8.22. The maximum Gasteiger partial charge on any atom is 0.324 e. The Bertz CT molecular complexity index is 435. The van der Waals surface area contributed by atoms with Crippen LogP contribution in [0.4, 0.5) is 0 Å². The van der Waals surface area contributed by atoms with Crippen LogP contribution in [0, 0.1) is 0 Å². The van der Waals surface area contributed by atoms with Crippen LogP contribution in [0.5, 0.6) is 5.75 Å². The van der Waals surface area contributed by atoms with Crippen LogP contribution in [-0.2, 0) is 4.43 Å². The summed E-state index contributed by atoms with van der Waals surface area (Å²) < 4.78 is 11.2. The number of hydrogen-bond donors (Lipinski definition) is 0. The zero-order valence-corrected chi connectivity index (χ0v) is 15.5. The van der Waals surface area contributed by atoms with Gasteiger partial charge in [0.2, 0.25) is 8.32 Å². The first kappa shape index (κ1) is 18.8. The molecule has 1 aromatic rings. The molecule has 0 unspecified atom stereocenters. The molecule has 0 aliphatic heterocycles. The van der Waals surface area contributed by atoms with Crippen molar-refractivity contribution in [3.8, 4) is 5.75 Å². The molecule has 0 aliphatic carbocycles. The number of carbonyl (C=O) groups excluding carboxylic acids is 1. The molecule has 4 heteroatoms. The summed E-state index contributed by atoms with van der Waals surface area (Å²) in [5.41, 5.74) is 0.592. The molecule has 0 N–H and O–H groups in total. The normalized spacial score (nSPS) is 11.3. The minimum atomic E-state index is -1.84. The van der Waals surface area contributed by atoms with Gasteiger partial charge in [0.25, 0.3) is 0 Å². The maximum absolute atomic E-state index is 11.9. The van der Waals surface area contributed by atoms with Crippen LogP contribution < -0.4 is 4.74 Å². The average Bonchev–Trinajstić information content (AvgIpc) is 2.45. The first-order valence-electron chi connectivity index (χ1n) is 8.38. The Hall–Kier alpha value is -1.29. The van der Waals surface area contributed by atoms with Crippen LogP contribution in [0.25, 0.3) is 0 Å². The predicted molar refractivity (Wildman–Crippen MR) is 94.1 cm³/mol. The van der Waals surface area contributed by atoms with Crippen LogP contribution in [0.2, 0.25) is 19.6 Å². The van der Waals surface area contributed by atoms with E-state index in [2.05, 4.69) is 6.92 Å². The molecule has 1 rings (SSSR count). The van der Waals surface area contributed by atoms with Gasteiger partial charge in [0.05, 0.1) is 12.2 Å². The molecule has 0 saturated heterocycles. The number of ether oxygens (including phenoxy) is 1. The van der Waals surface area contributed by atoms with Gasteiger partial charge < -0.3 is 9.16 Å². The molecule has 0 radical (unpaired) electrons. The van der Waals surface area contributed by atoms with Crippen molar-refractivity contribution in [3.63, 3.8) is 0 Å². The number of benzene rings is 1. The van der Waals surface area contributed by atoms with Gasteiger partial charge in [0.15, 0.2) is 0 Å². The third-order valence-corrected chi connectivity index (χ3v) is 4.05. The largest absolute Gasteiger partial charge is 0.516 e. The highest BCUT2D eigenvalue weighted by Gasteiger charge is 2.20. The molecule has 0 aliphatic rings. The van der Waals surface area contributed by atoms with E-state index < -0.39 is 8.32 Å². The molecule has 0 spiro atoms. The summed E-state index contributed by atoms with van der Waals surface area (Å²) in [5, 5.41) is 0. The van der Waals surface area contributed by atoms with E-state index in [0.29, 0.717) is 5.56 Å². The van der Waals surface area contributed by atoms with E-state index in [4.69, 9.17) is 9.16 Å². The monoisotopic (exact) mass is 322 g/mol. The smallest absolute Gasteiger partial charge is 0.324 e. The highest BCUT2D eigenvalue weighted by Crippen LogP contribution is 2.15. The van der Waals surface area contributed by atoms with Crippen molar-refractivity contribution >= 4 is 14.3 Å². The topological polar surface area (TPSA) is 35.5 Å². The molecule has 3 nitrogen and oxygen atoms in total. The van der Waals surface area contributed by atoms with Gasteiger partial charge in [-0.1, -0.05) is 39.0 Å². The highest BCUT2D eigenvalue weighted by atomic mass is 28.4. The summed E-state index contributed by atoms with van der Waals surface area (Å²) in [6.45, 7) is 8.98. The van der Waals surface area contributed by atoms with Gasteiger partial charge in [-0.05, 0) is 50.3 Å². The first-order chi connectivity index (χ1) is 10.4. The molecule has 1 aromatic carbocycles. The first-order valence-corrected chi connectivity index (χ1v) is 11.8. The van der Waals surface area contributed by atoms with Crippen LogP contribution in [0.3, 0.4) is 0 Å². The summed E-state index contributed by atoms with van der Waals surface area (Å²) in [6.07, 6.45) is 7.53. The molecular formula is C18H30O3Si. The van der Waals surface area contributed by atoms with Crippen molar-refractivity contribution < 1.29 is 14.0 Å². The fourth-order valence-corrected chi connectivity index (χ4v) is 2.77. The third-order valence-electron chi connectivity index (χ3n) is 3.26. The molecule has 0 fully saturated rings. The quantitative estimate of drug-likeness (QED) is 0.426. The van der Waals surface area contributed by atoms with Crippen molar-refractivity contribution in [2.24, 2.45) is 0 Å². The minimum Gasteiger partial charge on any atom is -0.516 e. The molecule has 0 bridgehead atoms. The minimum absolute atomic E-state index is 0.235. The Kier molecular flexibility index (Phi) is 8.24. The van der Waals surface area contributed by atoms with Crippen molar-refractivity contribution in [1.82, 2.24) is 0 Å². The summed E-state index contributed by atoms with van der Waals surface area (Å²) in [6, 6.07) is 7.24. The fraction of sp³-hybridized carbons (Fsp3) is 0.611. The van der Waals surface area contributed by atoms with E-state index in [1.807, 2.05) is 31.8 Å². The van der Waals surface area contributed by atoms with E-state index in [0.717, 1.165) is 18.8 Å². The summed E-state index contributed by atoms with van der Waals surface area (Å²) in [4.78, 5) is 11.9. The Balaban J connectivity index is 2.28. The number of unbranched alkanes of at least 4 members (excludes halogenated alkanes) is 5. The molecule has 0 heterocycles. The lowest BCUT2D eigenvalue weighted by molar-refractivity contribution is 0.0724. The van der Waals surface area contributed by atoms with Crippen molar-refractivity contribution in [2.45, 2.75) is 65.1 Å². The van der Waals surface area contributed by atoms with E-state index >= 15 is 0 Å². The Morgan fingerprint density at radius 3 is 2.14 bits per heavy atom. The van der Waals surface area contributed by atoms with E-state index in [1.165, 1.54) is 32.1 Å². The summed E-state index contributed by atoms with van der Waals surface area (Å²) >= 11 is 0. The van der Waals surface area contributed by atoms with Gasteiger partial charge in [0, 0.05) is 0 Å². The fourth-order valence-electron chi connectivity index (χ4n) is 2.10. The molecule has 22 heavy (non-hydrogen) atoms. The Morgan fingerprint density at radius 1 is 0.955 bits per heavy atom. The van der Waals surface area contributed by atoms with E-state index in [1.54, 1.807) is 12.1 Å². The van der Waals surface area contributed by atoms with Crippen molar-refractivity contribution in [2.75, 3.05) is 6.61 Å². The number of rotatable bonds is 10. The molecule has 124 valence electrons. The molecule has 0 saturated carbocycles. The van der Waals surface area contributed by atoms with E-state index in [-0.39, 0.29) is 5.97 Å².